The molecule has 0 aliphatic heterocycles. The second kappa shape index (κ2) is 14.8. The lowest BCUT2D eigenvalue weighted by atomic mass is 9.78. The molecule has 0 saturated heterocycles. The molecule has 6 heteroatoms. The number of carboxylic acid groups (broad SMARTS) is 2. The molecule has 0 spiro atoms. The summed E-state index contributed by atoms with van der Waals surface area (Å²) in [5.74, 6) is -0.923. The van der Waals surface area contributed by atoms with Crippen molar-refractivity contribution in [1.82, 2.24) is 0 Å². The minimum absolute atomic E-state index is 0.109. The first kappa shape index (κ1) is 38.7. The number of rotatable bonds is 6. The average Bonchev–Trinajstić information content (AvgIpc) is 2.81. The lowest BCUT2D eigenvalue weighted by Crippen LogP contribution is -2.18. The van der Waals surface area contributed by atoms with Gasteiger partial charge in [0.25, 0.3) is 0 Å². The Bertz CT molecular complexity index is 1050. The highest BCUT2D eigenvalue weighted by atomic mass is 16.4. The number of phenolic OH excluding ortho intramolecular Hbond substituents is 2. The van der Waals surface area contributed by atoms with Gasteiger partial charge in [0.2, 0.25) is 0 Å². The van der Waals surface area contributed by atoms with E-state index >= 15 is 0 Å². The van der Waals surface area contributed by atoms with Crippen LogP contribution in [0.25, 0.3) is 0 Å². The van der Waals surface area contributed by atoms with Gasteiger partial charge in [-0.3, -0.25) is 9.59 Å². The fourth-order valence-electron chi connectivity index (χ4n) is 4.47. The zero-order valence-corrected chi connectivity index (χ0v) is 28.2. The summed E-state index contributed by atoms with van der Waals surface area (Å²) in [6, 6.07) is 7.75. The highest BCUT2D eigenvalue weighted by molar-refractivity contribution is 5.67. The van der Waals surface area contributed by atoms with Crippen LogP contribution in [0.3, 0.4) is 0 Å². The number of hydrogen-bond acceptors (Lipinski definition) is 4. The summed E-state index contributed by atoms with van der Waals surface area (Å²) < 4.78 is 0. The van der Waals surface area contributed by atoms with E-state index in [2.05, 4.69) is 96.2 Å². The van der Waals surface area contributed by atoms with Crippen LogP contribution in [0.5, 0.6) is 11.5 Å². The monoisotopic (exact) mass is 584 g/mol. The highest BCUT2D eigenvalue weighted by Crippen LogP contribution is 2.41. The van der Waals surface area contributed by atoms with Crippen LogP contribution in [0, 0.1) is 0 Å². The maximum absolute atomic E-state index is 10.8. The summed E-state index contributed by atoms with van der Waals surface area (Å²) in [5, 5.41) is 38.8. The zero-order chi connectivity index (χ0) is 33.4. The third kappa shape index (κ3) is 11.9. The standard InChI is InChI=1S/2C17H26O3.C2H4/c2*1-16(2,3)12-9-11(7-8-14(18)19)10-13(15(12)20)17(4,5)6;1-2/h2*9-10,20H,7-8H2,1-6H3,(H,18,19);1-2H2. The molecule has 0 amide bonds. The molecular formula is C36H56O6. The Morgan fingerprint density at radius 3 is 0.857 bits per heavy atom. The van der Waals surface area contributed by atoms with Crippen molar-refractivity contribution >= 4 is 11.9 Å². The first-order chi connectivity index (χ1) is 18.9. The van der Waals surface area contributed by atoms with Crippen molar-refractivity contribution in [3.8, 4) is 11.5 Å². The minimum Gasteiger partial charge on any atom is -0.507 e. The summed E-state index contributed by atoms with van der Waals surface area (Å²) in [5.41, 5.74) is 4.76. The van der Waals surface area contributed by atoms with Gasteiger partial charge in [0.05, 0.1) is 0 Å². The van der Waals surface area contributed by atoms with E-state index in [1.54, 1.807) is 0 Å². The zero-order valence-electron chi connectivity index (χ0n) is 28.2. The van der Waals surface area contributed by atoms with Crippen LogP contribution in [-0.4, -0.2) is 32.4 Å². The summed E-state index contributed by atoms with van der Waals surface area (Å²) in [6.45, 7) is 30.6. The summed E-state index contributed by atoms with van der Waals surface area (Å²) in [6.07, 6.45) is 1.19. The van der Waals surface area contributed by atoms with Gasteiger partial charge < -0.3 is 20.4 Å². The highest BCUT2D eigenvalue weighted by Gasteiger charge is 2.27. The molecule has 0 unspecified atom stereocenters. The molecule has 6 nitrogen and oxygen atoms in total. The number of aromatic hydroxyl groups is 2. The molecule has 0 bridgehead atoms. The molecule has 0 heterocycles. The van der Waals surface area contributed by atoms with Crippen LogP contribution in [0.15, 0.2) is 37.4 Å². The topological polar surface area (TPSA) is 115 Å². The molecule has 0 aliphatic carbocycles. The number of benzene rings is 2. The molecule has 0 atom stereocenters. The van der Waals surface area contributed by atoms with Crippen molar-refractivity contribution in [3.63, 3.8) is 0 Å². The van der Waals surface area contributed by atoms with Crippen molar-refractivity contribution in [1.29, 1.82) is 0 Å². The fourth-order valence-corrected chi connectivity index (χ4v) is 4.47. The largest absolute Gasteiger partial charge is 0.507 e. The molecule has 4 N–H and O–H groups in total. The molecule has 0 aromatic heterocycles. The number of carboxylic acids is 2. The summed E-state index contributed by atoms with van der Waals surface area (Å²) >= 11 is 0. The maximum Gasteiger partial charge on any atom is 0.303 e. The van der Waals surface area contributed by atoms with Crippen LogP contribution in [0.1, 0.15) is 129 Å². The number of phenols is 2. The Morgan fingerprint density at radius 1 is 0.524 bits per heavy atom. The molecule has 42 heavy (non-hydrogen) atoms. The van der Waals surface area contributed by atoms with E-state index in [0.717, 1.165) is 33.4 Å². The van der Waals surface area contributed by atoms with Gasteiger partial charge in [0.1, 0.15) is 11.5 Å². The van der Waals surface area contributed by atoms with E-state index in [1.165, 1.54) is 0 Å². The molecule has 2 aromatic carbocycles. The van der Waals surface area contributed by atoms with Crippen molar-refractivity contribution < 1.29 is 30.0 Å². The summed E-state index contributed by atoms with van der Waals surface area (Å²) in [4.78, 5) is 21.5. The number of aliphatic carboxylic acids is 2. The van der Waals surface area contributed by atoms with Gasteiger partial charge in [-0.2, -0.15) is 0 Å². The Labute approximate surface area is 254 Å². The molecule has 0 aliphatic rings. The summed E-state index contributed by atoms with van der Waals surface area (Å²) in [7, 11) is 0. The molecule has 0 radical (unpaired) electrons. The predicted octanol–water partition coefficient (Wildman–Crippen LogP) is 8.81. The van der Waals surface area contributed by atoms with Crippen LogP contribution in [0.2, 0.25) is 0 Å². The number of aryl methyl sites for hydroxylation is 2. The van der Waals surface area contributed by atoms with Gasteiger partial charge in [0, 0.05) is 12.8 Å². The van der Waals surface area contributed by atoms with Gasteiger partial charge in [-0.15, -0.1) is 13.2 Å². The second-order valence-electron chi connectivity index (χ2n) is 14.9. The minimum atomic E-state index is -0.798. The normalized spacial score (nSPS) is 12.0. The lowest BCUT2D eigenvalue weighted by Gasteiger charge is -2.28. The number of hydrogen-bond donors (Lipinski definition) is 4. The molecule has 0 saturated carbocycles. The van der Waals surface area contributed by atoms with Gasteiger partial charge in [-0.05, 0) is 67.9 Å². The smallest absolute Gasteiger partial charge is 0.303 e. The SMILES string of the molecule is C=C.CC(C)(C)c1cc(CCC(=O)O)cc(C(C)(C)C)c1O.CC(C)(C)c1cc(CCC(=O)O)cc(C(C)(C)C)c1O. The van der Waals surface area contributed by atoms with Gasteiger partial charge in [-0.1, -0.05) is 107 Å². The van der Waals surface area contributed by atoms with E-state index in [4.69, 9.17) is 10.2 Å². The number of carbonyl (C=O) groups is 2. The Kier molecular flexibility index (Phi) is 13.6. The molecule has 2 rings (SSSR count). The van der Waals surface area contributed by atoms with Crippen LogP contribution in [-0.2, 0) is 44.1 Å². The molecular weight excluding hydrogens is 528 g/mol. The van der Waals surface area contributed by atoms with E-state index in [0.29, 0.717) is 24.3 Å². The maximum atomic E-state index is 10.8. The van der Waals surface area contributed by atoms with E-state index in [9.17, 15) is 19.8 Å². The molecule has 0 fully saturated rings. The van der Waals surface area contributed by atoms with Gasteiger partial charge >= 0.3 is 11.9 Å². The second-order valence-corrected chi connectivity index (χ2v) is 14.9. The lowest BCUT2D eigenvalue weighted by molar-refractivity contribution is -0.138. The van der Waals surface area contributed by atoms with Crippen LogP contribution in [0.4, 0.5) is 0 Å². The Morgan fingerprint density at radius 2 is 0.714 bits per heavy atom. The van der Waals surface area contributed by atoms with Gasteiger partial charge in [0.15, 0.2) is 0 Å². The van der Waals surface area contributed by atoms with Crippen LogP contribution >= 0.6 is 0 Å². The van der Waals surface area contributed by atoms with Gasteiger partial charge in [-0.25, -0.2) is 0 Å². The Balaban J connectivity index is 0.000000756. The molecule has 2 aromatic rings. The van der Waals surface area contributed by atoms with Crippen molar-refractivity contribution in [3.05, 3.63) is 70.8 Å². The van der Waals surface area contributed by atoms with Crippen LogP contribution < -0.4 is 0 Å². The van der Waals surface area contributed by atoms with Crippen molar-refractivity contribution in [2.24, 2.45) is 0 Å². The van der Waals surface area contributed by atoms with Crippen molar-refractivity contribution in [2.75, 3.05) is 0 Å². The quantitative estimate of drug-likeness (QED) is 0.252. The average molecular weight is 585 g/mol. The van der Waals surface area contributed by atoms with E-state index < -0.39 is 11.9 Å². The van der Waals surface area contributed by atoms with E-state index in [1.807, 2.05) is 24.3 Å². The Hall–Kier alpha value is -3.28. The molecule has 236 valence electrons. The van der Waals surface area contributed by atoms with E-state index in [-0.39, 0.29) is 34.5 Å². The first-order valence-electron chi connectivity index (χ1n) is 14.5. The third-order valence-corrected chi connectivity index (χ3v) is 6.83. The van der Waals surface area contributed by atoms with Crippen molar-refractivity contribution in [2.45, 2.75) is 130 Å². The predicted molar refractivity (Wildman–Crippen MR) is 174 cm³/mol. The fraction of sp³-hybridized carbons (Fsp3) is 0.556. The first-order valence-corrected chi connectivity index (χ1v) is 14.5. The third-order valence-electron chi connectivity index (χ3n) is 6.83.